The Balaban J connectivity index is 3.49. The number of hydrogen-bond donors (Lipinski definition) is 2. The molecule has 0 bridgehead atoms. The van der Waals surface area contributed by atoms with Crippen molar-refractivity contribution in [3.63, 3.8) is 0 Å². The van der Waals surface area contributed by atoms with E-state index in [1.54, 1.807) is 6.92 Å². The zero-order valence-electron chi connectivity index (χ0n) is 10.8. The van der Waals surface area contributed by atoms with Crippen molar-refractivity contribution < 1.29 is 14.3 Å². The Morgan fingerprint density at radius 1 is 1.24 bits per heavy atom. The van der Waals surface area contributed by atoms with Gasteiger partial charge >= 0.3 is 5.97 Å². The van der Waals surface area contributed by atoms with Gasteiger partial charge in [-0.05, 0) is 19.4 Å². The molecule has 1 unspecified atom stereocenters. The fourth-order valence-corrected chi connectivity index (χ4v) is 1.42. The Labute approximate surface area is 103 Å². The third-order valence-corrected chi connectivity index (χ3v) is 2.57. The van der Waals surface area contributed by atoms with E-state index in [9.17, 15) is 9.59 Å². The Hall–Kier alpha value is -1.10. The van der Waals surface area contributed by atoms with Crippen molar-refractivity contribution in [2.75, 3.05) is 20.2 Å². The van der Waals surface area contributed by atoms with Gasteiger partial charge in [0.25, 0.3) is 0 Å². The van der Waals surface area contributed by atoms with Crippen molar-refractivity contribution in [3.8, 4) is 0 Å². The van der Waals surface area contributed by atoms with Crippen LogP contribution in [-0.2, 0) is 14.3 Å². The van der Waals surface area contributed by atoms with Crippen LogP contribution in [0.4, 0.5) is 0 Å². The summed E-state index contributed by atoms with van der Waals surface area (Å²) in [5.41, 5.74) is 5.37. The molecule has 0 rings (SSSR count). The molecule has 0 spiro atoms. The predicted octanol–water partition coefficient (Wildman–Crippen LogP) is 0.821. The van der Waals surface area contributed by atoms with Crippen molar-refractivity contribution in [2.24, 2.45) is 11.7 Å². The molecule has 5 nitrogen and oxygen atoms in total. The quantitative estimate of drug-likeness (QED) is 0.465. The van der Waals surface area contributed by atoms with Gasteiger partial charge < -0.3 is 15.8 Å². The molecule has 1 amide bonds. The van der Waals surface area contributed by atoms with E-state index in [1.165, 1.54) is 7.11 Å². The normalized spacial score (nSPS) is 11.9. The van der Waals surface area contributed by atoms with E-state index in [2.05, 4.69) is 10.1 Å². The second-order valence-electron chi connectivity index (χ2n) is 4.18. The first kappa shape index (κ1) is 15.9. The fraction of sp³-hybridized carbons (Fsp3) is 0.833. The lowest BCUT2D eigenvalue weighted by Crippen LogP contribution is -2.31. The smallest absolute Gasteiger partial charge is 0.310 e. The summed E-state index contributed by atoms with van der Waals surface area (Å²) in [5.74, 6) is -0.595. The lowest BCUT2D eigenvalue weighted by molar-refractivity contribution is -0.144. The zero-order chi connectivity index (χ0) is 13.1. The topological polar surface area (TPSA) is 81.4 Å². The van der Waals surface area contributed by atoms with E-state index in [-0.39, 0.29) is 17.8 Å². The summed E-state index contributed by atoms with van der Waals surface area (Å²) in [5, 5.41) is 2.72. The highest BCUT2D eigenvalue weighted by Crippen LogP contribution is 2.02. The number of unbranched alkanes of at least 4 members (excludes halogenated alkanes) is 3. The van der Waals surface area contributed by atoms with Gasteiger partial charge in [-0.15, -0.1) is 0 Å². The summed E-state index contributed by atoms with van der Waals surface area (Å²) in [7, 11) is 1.35. The number of carbonyl (C=O) groups is 2. The van der Waals surface area contributed by atoms with Crippen molar-refractivity contribution in [3.05, 3.63) is 0 Å². The standard InChI is InChI=1S/C12H24N2O3/c1-10(12(16)17-2)9-14-11(15)7-5-3-4-6-8-13/h10H,3-9,13H2,1-2H3,(H,14,15). The third-order valence-electron chi connectivity index (χ3n) is 2.57. The summed E-state index contributed by atoms with van der Waals surface area (Å²) in [6.07, 6.45) is 4.50. The van der Waals surface area contributed by atoms with E-state index in [0.717, 1.165) is 25.7 Å². The molecule has 17 heavy (non-hydrogen) atoms. The number of nitrogens with two attached hydrogens (primary N) is 1. The highest BCUT2D eigenvalue weighted by atomic mass is 16.5. The van der Waals surface area contributed by atoms with Crippen molar-refractivity contribution in [2.45, 2.75) is 39.0 Å². The molecule has 0 aromatic heterocycles. The molecule has 0 saturated heterocycles. The molecule has 0 heterocycles. The lowest BCUT2D eigenvalue weighted by atomic mass is 10.1. The Kier molecular flexibility index (Phi) is 9.43. The number of rotatable bonds is 9. The molecular formula is C12H24N2O3. The summed E-state index contributed by atoms with van der Waals surface area (Å²) >= 11 is 0. The van der Waals surface area contributed by atoms with Crippen LogP contribution in [0.1, 0.15) is 39.0 Å². The zero-order valence-corrected chi connectivity index (χ0v) is 10.8. The molecule has 0 saturated carbocycles. The van der Waals surface area contributed by atoms with Crippen LogP contribution in [0, 0.1) is 5.92 Å². The molecule has 0 aromatic rings. The number of methoxy groups -OCH3 is 1. The fourth-order valence-electron chi connectivity index (χ4n) is 1.42. The minimum atomic E-state index is -0.298. The Bertz CT molecular complexity index is 232. The average Bonchev–Trinajstić information content (AvgIpc) is 2.34. The number of carbonyl (C=O) groups excluding carboxylic acids is 2. The minimum Gasteiger partial charge on any atom is -0.469 e. The number of amides is 1. The molecule has 1 atom stereocenters. The molecule has 0 aliphatic heterocycles. The van der Waals surface area contributed by atoms with Crippen LogP contribution in [-0.4, -0.2) is 32.1 Å². The number of esters is 1. The van der Waals surface area contributed by atoms with E-state index in [0.29, 0.717) is 19.5 Å². The molecule has 0 radical (unpaired) electrons. The van der Waals surface area contributed by atoms with Crippen molar-refractivity contribution in [1.82, 2.24) is 5.32 Å². The molecule has 100 valence electrons. The first-order valence-electron chi connectivity index (χ1n) is 6.16. The van der Waals surface area contributed by atoms with E-state index >= 15 is 0 Å². The van der Waals surface area contributed by atoms with Gasteiger partial charge in [0.2, 0.25) is 5.91 Å². The molecule has 0 aliphatic rings. The van der Waals surface area contributed by atoms with Gasteiger partial charge in [0.15, 0.2) is 0 Å². The van der Waals surface area contributed by atoms with Gasteiger partial charge in [-0.1, -0.05) is 19.8 Å². The van der Waals surface area contributed by atoms with E-state index < -0.39 is 0 Å². The minimum absolute atomic E-state index is 0.00602. The first-order chi connectivity index (χ1) is 8.11. The van der Waals surface area contributed by atoms with Gasteiger partial charge in [0.1, 0.15) is 0 Å². The number of ether oxygens (including phenoxy) is 1. The first-order valence-corrected chi connectivity index (χ1v) is 6.16. The second-order valence-corrected chi connectivity index (χ2v) is 4.18. The predicted molar refractivity (Wildman–Crippen MR) is 66.3 cm³/mol. The van der Waals surface area contributed by atoms with E-state index in [4.69, 9.17) is 5.73 Å². The van der Waals surface area contributed by atoms with Crippen LogP contribution in [0.2, 0.25) is 0 Å². The van der Waals surface area contributed by atoms with Crippen LogP contribution in [0.15, 0.2) is 0 Å². The highest BCUT2D eigenvalue weighted by molar-refractivity contribution is 5.77. The highest BCUT2D eigenvalue weighted by Gasteiger charge is 2.13. The molecule has 0 aliphatic carbocycles. The molecule has 0 aromatic carbocycles. The largest absolute Gasteiger partial charge is 0.469 e. The third kappa shape index (κ3) is 8.68. The molecule has 0 fully saturated rings. The van der Waals surface area contributed by atoms with Crippen molar-refractivity contribution in [1.29, 1.82) is 0 Å². The summed E-state index contributed by atoms with van der Waals surface area (Å²) in [6.45, 7) is 2.78. The van der Waals surface area contributed by atoms with Crippen LogP contribution < -0.4 is 11.1 Å². The maximum absolute atomic E-state index is 11.4. The number of hydrogen-bond acceptors (Lipinski definition) is 4. The molecule has 3 N–H and O–H groups in total. The van der Waals surface area contributed by atoms with Gasteiger partial charge in [-0.25, -0.2) is 0 Å². The number of nitrogens with one attached hydrogen (secondary N) is 1. The monoisotopic (exact) mass is 244 g/mol. The lowest BCUT2D eigenvalue weighted by Gasteiger charge is -2.10. The van der Waals surface area contributed by atoms with Crippen LogP contribution in [0.25, 0.3) is 0 Å². The average molecular weight is 244 g/mol. The van der Waals surface area contributed by atoms with Crippen LogP contribution in [0.5, 0.6) is 0 Å². The SMILES string of the molecule is COC(=O)C(C)CNC(=O)CCCCCCN. The maximum Gasteiger partial charge on any atom is 0.310 e. The summed E-state index contributed by atoms with van der Waals surface area (Å²) < 4.78 is 4.57. The Morgan fingerprint density at radius 2 is 1.88 bits per heavy atom. The van der Waals surface area contributed by atoms with Gasteiger partial charge in [0, 0.05) is 13.0 Å². The molecule has 5 heteroatoms. The Morgan fingerprint density at radius 3 is 2.47 bits per heavy atom. The van der Waals surface area contributed by atoms with Gasteiger partial charge in [-0.3, -0.25) is 9.59 Å². The van der Waals surface area contributed by atoms with Crippen molar-refractivity contribution >= 4 is 11.9 Å². The second kappa shape index (κ2) is 10.1. The van der Waals surface area contributed by atoms with Gasteiger partial charge in [0.05, 0.1) is 13.0 Å². The van der Waals surface area contributed by atoms with Crippen LogP contribution >= 0.6 is 0 Å². The molecular weight excluding hydrogens is 220 g/mol. The van der Waals surface area contributed by atoms with Crippen LogP contribution in [0.3, 0.4) is 0 Å². The van der Waals surface area contributed by atoms with E-state index in [1.807, 2.05) is 0 Å². The maximum atomic E-state index is 11.4. The van der Waals surface area contributed by atoms with Gasteiger partial charge in [-0.2, -0.15) is 0 Å². The summed E-state index contributed by atoms with van der Waals surface area (Å²) in [4.78, 5) is 22.5. The summed E-state index contributed by atoms with van der Waals surface area (Å²) in [6, 6.07) is 0.